The fourth-order valence-corrected chi connectivity index (χ4v) is 3.12. The van der Waals surface area contributed by atoms with E-state index in [9.17, 15) is 0 Å². The van der Waals surface area contributed by atoms with Crippen LogP contribution in [0, 0.1) is 0 Å². The van der Waals surface area contributed by atoms with E-state index in [-0.39, 0.29) is 29.4 Å². The number of nitrogens with one attached hydrogen (secondary N) is 2. The van der Waals surface area contributed by atoms with E-state index >= 15 is 0 Å². The predicted molar refractivity (Wildman–Crippen MR) is 123 cm³/mol. The molecule has 0 aliphatic carbocycles. The number of methoxy groups -OCH3 is 1. The Morgan fingerprint density at radius 3 is 2.62 bits per heavy atom. The van der Waals surface area contributed by atoms with E-state index in [2.05, 4.69) is 60.6 Å². The summed E-state index contributed by atoms with van der Waals surface area (Å²) in [5, 5.41) is 9.88. The first-order chi connectivity index (χ1) is 11.9. The Morgan fingerprint density at radius 1 is 1.31 bits per heavy atom. The molecule has 1 aromatic heterocycles. The fourth-order valence-electron chi connectivity index (χ4n) is 2.17. The summed E-state index contributed by atoms with van der Waals surface area (Å²) in [5.74, 6) is 0.848. The number of nitrogens with zero attached hydrogens (tertiary/aromatic N) is 3. The maximum atomic E-state index is 5.09. The van der Waals surface area contributed by atoms with Gasteiger partial charge in [-0.15, -0.1) is 35.3 Å². The van der Waals surface area contributed by atoms with E-state index < -0.39 is 0 Å². The summed E-state index contributed by atoms with van der Waals surface area (Å²) >= 11 is 1.68. The summed E-state index contributed by atoms with van der Waals surface area (Å²) in [6.45, 7) is 13.8. The fraction of sp³-hybridized carbons (Fsp3) is 0.778. The van der Waals surface area contributed by atoms with Gasteiger partial charge in [0.2, 0.25) is 0 Å². The first-order valence-electron chi connectivity index (χ1n) is 9.01. The van der Waals surface area contributed by atoms with Crippen LogP contribution < -0.4 is 10.6 Å². The largest absolute Gasteiger partial charge is 0.385 e. The van der Waals surface area contributed by atoms with Gasteiger partial charge < -0.3 is 20.3 Å². The molecular formula is C18H36IN5OS. The van der Waals surface area contributed by atoms with Crippen molar-refractivity contribution in [3.8, 4) is 0 Å². The molecule has 0 bridgehead atoms. The van der Waals surface area contributed by atoms with Gasteiger partial charge in [-0.05, 0) is 20.4 Å². The first-order valence-corrected chi connectivity index (χ1v) is 9.89. The number of halogens is 1. The first kappa shape index (κ1) is 25.6. The Morgan fingerprint density at radius 2 is 2.04 bits per heavy atom. The summed E-state index contributed by atoms with van der Waals surface area (Å²) in [7, 11) is 3.87. The van der Waals surface area contributed by atoms with Crippen molar-refractivity contribution in [1.82, 2.24) is 20.5 Å². The summed E-state index contributed by atoms with van der Waals surface area (Å²) in [6, 6.07) is 0. The molecule has 0 aliphatic rings. The van der Waals surface area contributed by atoms with Gasteiger partial charge in [0.05, 0.1) is 12.2 Å². The molecule has 26 heavy (non-hydrogen) atoms. The van der Waals surface area contributed by atoms with Crippen molar-refractivity contribution >= 4 is 41.3 Å². The molecular weight excluding hydrogens is 461 g/mol. The summed E-state index contributed by atoms with van der Waals surface area (Å²) in [5.41, 5.74) is 1.23. The van der Waals surface area contributed by atoms with E-state index in [0.29, 0.717) is 6.54 Å². The Bertz CT molecular complexity index is 516. The van der Waals surface area contributed by atoms with Crippen LogP contribution in [0.1, 0.15) is 44.8 Å². The molecule has 0 saturated carbocycles. The number of guanidine groups is 1. The lowest BCUT2D eigenvalue weighted by Gasteiger charge is -2.18. The van der Waals surface area contributed by atoms with Crippen molar-refractivity contribution in [1.29, 1.82) is 0 Å². The second-order valence-corrected chi connectivity index (χ2v) is 8.09. The van der Waals surface area contributed by atoms with E-state index in [4.69, 9.17) is 9.72 Å². The van der Waals surface area contributed by atoms with Crippen LogP contribution in [0.3, 0.4) is 0 Å². The van der Waals surface area contributed by atoms with E-state index in [1.165, 1.54) is 0 Å². The molecule has 6 nitrogen and oxygen atoms in total. The van der Waals surface area contributed by atoms with Crippen molar-refractivity contribution in [2.45, 2.75) is 46.1 Å². The van der Waals surface area contributed by atoms with E-state index in [0.717, 1.165) is 55.9 Å². The zero-order valence-corrected chi connectivity index (χ0v) is 20.2. The zero-order chi connectivity index (χ0) is 18.7. The number of aromatic nitrogens is 1. The van der Waals surface area contributed by atoms with Crippen LogP contribution in [-0.4, -0.2) is 62.8 Å². The van der Waals surface area contributed by atoms with Crippen LogP contribution in [0.5, 0.6) is 0 Å². The van der Waals surface area contributed by atoms with Crippen molar-refractivity contribution in [2.24, 2.45) is 4.99 Å². The van der Waals surface area contributed by atoms with Gasteiger partial charge in [-0.3, -0.25) is 0 Å². The van der Waals surface area contributed by atoms with Crippen LogP contribution in [0.2, 0.25) is 0 Å². The number of ether oxygens (including phenoxy) is 1. The molecule has 0 amide bonds. The number of aliphatic imine (C=N–C) groups is 1. The van der Waals surface area contributed by atoms with Gasteiger partial charge in [0.1, 0.15) is 5.01 Å². The lowest BCUT2D eigenvalue weighted by atomic mass is 9.93. The highest BCUT2D eigenvalue weighted by atomic mass is 127. The molecule has 1 aromatic rings. The summed E-state index contributed by atoms with van der Waals surface area (Å²) in [6.07, 6.45) is 1.06. The Hall–Kier alpha value is -0.450. The third-order valence-electron chi connectivity index (χ3n) is 3.71. The van der Waals surface area contributed by atoms with E-state index in [1.54, 1.807) is 18.4 Å². The third kappa shape index (κ3) is 10.6. The number of hydrogen-bond acceptors (Lipinski definition) is 5. The van der Waals surface area contributed by atoms with Gasteiger partial charge in [-0.25, -0.2) is 9.98 Å². The summed E-state index contributed by atoms with van der Waals surface area (Å²) < 4.78 is 5.09. The molecule has 0 unspecified atom stereocenters. The molecule has 2 N–H and O–H groups in total. The minimum absolute atomic E-state index is 0. The van der Waals surface area contributed by atoms with E-state index in [1.807, 2.05) is 0 Å². The van der Waals surface area contributed by atoms with Gasteiger partial charge in [0.15, 0.2) is 5.96 Å². The average Bonchev–Trinajstić information content (AvgIpc) is 3.02. The number of rotatable bonds is 10. The monoisotopic (exact) mass is 497 g/mol. The molecule has 1 heterocycles. The van der Waals surface area contributed by atoms with Gasteiger partial charge in [-0.2, -0.15) is 0 Å². The molecule has 8 heteroatoms. The smallest absolute Gasteiger partial charge is 0.191 e. The number of likely N-dealkylation sites (N-methyl/N-ethyl adjacent to an activating group) is 1. The average molecular weight is 497 g/mol. The van der Waals surface area contributed by atoms with Crippen molar-refractivity contribution in [2.75, 3.05) is 46.9 Å². The normalized spacial score (nSPS) is 12.2. The number of hydrogen-bond donors (Lipinski definition) is 2. The van der Waals surface area contributed by atoms with Gasteiger partial charge in [-0.1, -0.05) is 20.8 Å². The second kappa shape index (κ2) is 13.7. The molecule has 1 rings (SSSR count). The molecule has 0 spiro atoms. The second-order valence-electron chi connectivity index (χ2n) is 7.15. The van der Waals surface area contributed by atoms with Crippen LogP contribution >= 0.6 is 35.3 Å². The highest BCUT2D eigenvalue weighted by Crippen LogP contribution is 2.24. The standard InChI is InChI=1S/C18H35N5OS.HI/c1-7-19-17(20-9-11-23(5)10-8-12-24-6)21-13-16-22-15(14-25-16)18(2,3)4;/h14H,7-13H2,1-6H3,(H2,19,20,21);1H. The lowest BCUT2D eigenvalue weighted by molar-refractivity contribution is 0.180. The van der Waals surface area contributed by atoms with Crippen LogP contribution in [0.15, 0.2) is 10.4 Å². The Balaban J connectivity index is 0.00000625. The van der Waals surface area contributed by atoms with Gasteiger partial charge in [0, 0.05) is 50.7 Å². The Labute approximate surface area is 180 Å². The molecule has 0 aliphatic heterocycles. The van der Waals surface area contributed by atoms with Crippen molar-refractivity contribution < 1.29 is 4.74 Å². The topological polar surface area (TPSA) is 61.8 Å². The SMILES string of the molecule is CCNC(=NCc1nc(C(C)(C)C)cs1)NCCN(C)CCCOC.I. The lowest BCUT2D eigenvalue weighted by Crippen LogP contribution is -2.41. The van der Waals surface area contributed by atoms with Crippen LogP contribution in [0.4, 0.5) is 0 Å². The molecule has 0 fully saturated rings. The highest BCUT2D eigenvalue weighted by Gasteiger charge is 2.17. The highest BCUT2D eigenvalue weighted by molar-refractivity contribution is 14.0. The van der Waals surface area contributed by atoms with Crippen molar-refractivity contribution in [3.05, 3.63) is 16.1 Å². The Kier molecular flexibility index (Phi) is 13.4. The maximum absolute atomic E-state index is 5.09. The molecule has 0 saturated heterocycles. The zero-order valence-electron chi connectivity index (χ0n) is 17.1. The summed E-state index contributed by atoms with van der Waals surface area (Å²) in [4.78, 5) is 11.7. The molecule has 0 radical (unpaired) electrons. The van der Waals surface area contributed by atoms with Gasteiger partial charge >= 0.3 is 0 Å². The minimum Gasteiger partial charge on any atom is -0.385 e. The minimum atomic E-state index is 0. The third-order valence-corrected chi connectivity index (χ3v) is 4.54. The number of thiazole rings is 1. The van der Waals surface area contributed by atoms with Gasteiger partial charge in [0.25, 0.3) is 0 Å². The molecule has 152 valence electrons. The maximum Gasteiger partial charge on any atom is 0.191 e. The quantitative estimate of drug-likeness (QED) is 0.225. The molecule has 0 atom stereocenters. The molecule has 0 aromatic carbocycles. The van der Waals surface area contributed by atoms with Crippen LogP contribution in [0.25, 0.3) is 0 Å². The van der Waals surface area contributed by atoms with Crippen LogP contribution in [-0.2, 0) is 16.7 Å². The van der Waals surface area contributed by atoms with Crippen molar-refractivity contribution in [3.63, 3.8) is 0 Å². The predicted octanol–water partition coefficient (Wildman–Crippen LogP) is 3.08.